The zero-order valence-electron chi connectivity index (χ0n) is 13.7. The van der Waals surface area contributed by atoms with E-state index in [2.05, 4.69) is 11.3 Å². The van der Waals surface area contributed by atoms with Gasteiger partial charge >= 0.3 is 0 Å². The van der Waals surface area contributed by atoms with Gasteiger partial charge in [-0.15, -0.1) is 6.58 Å². The van der Waals surface area contributed by atoms with Crippen LogP contribution in [0.5, 0.6) is 0 Å². The predicted octanol–water partition coefficient (Wildman–Crippen LogP) is 0.454. The predicted molar refractivity (Wildman–Crippen MR) is 90.0 cm³/mol. The molecule has 0 aromatic heterocycles. The Morgan fingerprint density at radius 2 is 2.04 bits per heavy atom. The number of carbonyl (C=O) groups excluding carboxylic acids is 2. The van der Waals surface area contributed by atoms with Crippen molar-refractivity contribution in [1.82, 2.24) is 14.5 Å². The van der Waals surface area contributed by atoms with Crippen LogP contribution in [-0.2, 0) is 14.8 Å². The maximum atomic E-state index is 12.4. The first-order valence-corrected chi connectivity index (χ1v) is 8.98. The number of likely N-dealkylation sites (tertiary alicyclic amines) is 1. The number of likely N-dealkylation sites (N-methyl/N-ethyl adjacent to an activating group) is 2. The van der Waals surface area contributed by atoms with Crippen LogP contribution in [0.2, 0.25) is 0 Å². The van der Waals surface area contributed by atoms with Crippen molar-refractivity contribution in [2.45, 2.75) is 17.4 Å². The number of carbonyl (C=O) groups is 2. The standard InChI is InChI=1S/C16H21N3O4S/c1-4-10-18(2)15(20)12-5-7-13(8-6-12)24(22,23)17-14-9-11-19(3)16(14)21/h4-8,14,17H,1,9-11H2,2-3H3. The number of benzene rings is 1. The third-order valence-electron chi connectivity index (χ3n) is 3.89. The van der Waals surface area contributed by atoms with Crippen LogP contribution in [-0.4, -0.2) is 63.3 Å². The van der Waals surface area contributed by atoms with Crippen LogP contribution in [0.3, 0.4) is 0 Å². The highest BCUT2D eigenvalue weighted by atomic mass is 32.2. The summed E-state index contributed by atoms with van der Waals surface area (Å²) in [6.07, 6.45) is 2.05. The number of amides is 2. The van der Waals surface area contributed by atoms with E-state index in [0.29, 0.717) is 25.1 Å². The largest absolute Gasteiger partial charge is 0.344 e. The van der Waals surface area contributed by atoms with E-state index in [9.17, 15) is 18.0 Å². The molecule has 8 heteroatoms. The van der Waals surface area contributed by atoms with Crippen LogP contribution < -0.4 is 4.72 Å². The van der Waals surface area contributed by atoms with Gasteiger partial charge in [-0.25, -0.2) is 8.42 Å². The summed E-state index contributed by atoms with van der Waals surface area (Å²) < 4.78 is 27.2. The number of hydrogen-bond donors (Lipinski definition) is 1. The molecule has 24 heavy (non-hydrogen) atoms. The van der Waals surface area contributed by atoms with E-state index in [0.717, 1.165) is 0 Å². The van der Waals surface area contributed by atoms with Crippen LogP contribution in [0, 0.1) is 0 Å². The molecule has 1 unspecified atom stereocenters. The van der Waals surface area contributed by atoms with Gasteiger partial charge in [-0.05, 0) is 30.7 Å². The lowest BCUT2D eigenvalue weighted by Crippen LogP contribution is -2.40. The van der Waals surface area contributed by atoms with Crippen molar-refractivity contribution in [1.29, 1.82) is 0 Å². The molecule has 1 N–H and O–H groups in total. The van der Waals surface area contributed by atoms with Crippen molar-refractivity contribution in [3.8, 4) is 0 Å². The van der Waals surface area contributed by atoms with E-state index in [4.69, 9.17) is 0 Å². The summed E-state index contributed by atoms with van der Waals surface area (Å²) >= 11 is 0. The van der Waals surface area contributed by atoms with Crippen LogP contribution in [0.1, 0.15) is 16.8 Å². The SMILES string of the molecule is C=CCN(C)C(=O)c1ccc(S(=O)(=O)NC2CCN(C)C2=O)cc1. The molecule has 0 aliphatic carbocycles. The van der Waals surface area contributed by atoms with E-state index in [1.54, 1.807) is 20.2 Å². The molecule has 0 radical (unpaired) electrons. The van der Waals surface area contributed by atoms with Gasteiger partial charge in [-0.2, -0.15) is 4.72 Å². The van der Waals surface area contributed by atoms with E-state index in [-0.39, 0.29) is 16.7 Å². The monoisotopic (exact) mass is 351 g/mol. The summed E-state index contributed by atoms with van der Waals surface area (Å²) in [5.74, 6) is -0.462. The molecule has 7 nitrogen and oxygen atoms in total. The number of hydrogen-bond acceptors (Lipinski definition) is 4. The number of nitrogens with zero attached hydrogens (tertiary/aromatic N) is 2. The quantitative estimate of drug-likeness (QED) is 0.754. The molecule has 0 saturated carbocycles. The highest BCUT2D eigenvalue weighted by molar-refractivity contribution is 7.89. The normalized spacial score (nSPS) is 17.8. The van der Waals surface area contributed by atoms with Crippen molar-refractivity contribution >= 4 is 21.8 Å². The van der Waals surface area contributed by atoms with Crippen LogP contribution in [0.15, 0.2) is 41.8 Å². The minimum Gasteiger partial charge on any atom is -0.344 e. The summed E-state index contributed by atoms with van der Waals surface area (Å²) in [7, 11) is -0.539. The summed E-state index contributed by atoms with van der Waals surface area (Å²) in [6, 6.07) is 4.90. The third-order valence-corrected chi connectivity index (χ3v) is 5.37. The van der Waals surface area contributed by atoms with E-state index < -0.39 is 16.1 Å². The first kappa shape index (κ1) is 18.2. The molecule has 2 rings (SSSR count). The topological polar surface area (TPSA) is 86.8 Å². The van der Waals surface area contributed by atoms with Gasteiger partial charge in [0.2, 0.25) is 15.9 Å². The Bertz CT molecular complexity index is 743. The van der Waals surface area contributed by atoms with Gasteiger partial charge in [0.05, 0.1) is 4.90 Å². The molecular weight excluding hydrogens is 330 g/mol. The van der Waals surface area contributed by atoms with Crippen molar-refractivity contribution in [2.75, 3.05) is 27.2 Å². The summed E-state index contributed by atoms with van der Waals surface area (Å²) in [5, 5.41) is 0. The van der Waals surface area contributed by atoms with Crippen LogP contribution in [0.25, 0.3) is 0 Å². The highest BCUT2D eigenvalue weighted by Gasteiger charge is 2.32. The van der Waals surface area contributed by atoms with Gasteiger partial charge in [-0.1, -0.05) is 6.08 Å². The first-order valence-electron chi connectivity index (χ1n) is 7.50. The minimum atomic E-state index is -3.81. The fourth-order valence-electron chi connectivity index (χ4n) is 2.46. The Hall–Kier alpha value is -2.19. The average molecular weight is 351 g/mol. The first-order chi connectivity index (χ1) is 11.3. The van der Waals surface area contributed by atoms with Gasteiger partial charge in [-0.3, -0.25) is 9.59 Å². The maximum Gasteiger partial charge on any atom is 0.253 e. The van der Waals surface area contributed by atoms with Crippen LogP contribution >= 0.6 is 0 Å². The smallest absolute Gasteiger partial charge is 0.253 e. The highest BCUT2D eigenvalue weighted by Crippen LogP contribution is 2.16. The van der Waals surface area contributed by atoms with Crippen molar-refractivity contribution in [3.05, 3.63) is 42.5 Å². The Morgan fingerprint density at radius 1 is 1.42 bits per heavy atom. The summed E-state index contributed by atoms with van der Waals surface area (Å²) in [6.45, 7) is 4.49. The van der Waals surface area contributed by atoms with E-state index in [1.165, 1.54) is 34.1 Å². The maximum absolute atomic E-state index is 12.4. The van der Waals surface area contributed by atoms with E-state index in [1.807, 2.05) is 0 Å². The average Bonchev–Trinajstić information content (AvgIpc) is 2.86. The fourth-order valence-corrected chi connectivity index (χ4v) is 3.68. The van der Waals surface area contributed by atoms with Gasteiger partial charge in [0.25, 0.3) is 5.91 Å². The van der Waals surface area contributed by atoms with Crippen molar-refractivity contribution in [3.63, 3.8) is 0 Å². The lowest BCUT2D eigenvalue weighted by molar-refractivity contribution is -0.127. The number of sulfonamides is 1. The zero-order chi connectivity index (χ0) is 17.9. The molecule has 1 aromatic rings. The Morgan fingerprint density at radius 3 is 2.54 bits per heavy atom. The van der Waals surface area contributed by atoms with Gasteiger partial charge in [0.1, 0.15) is 6.04 Å². The molecule has 1 aromatic carbocycles. The number of nitrogens with one attached hydrogen (secondary N) is 1. The Labute approximate surface area is 142 Å². The molecule has 1 heterocycles. The third kappa shape index (κ3) is 3.82. The molecule has 1 aliphatic heterocycles. The molecule has 1 saturated heterocycles. The fraction of sp³-hybridized carbons (Fsp3) is 0.375. The molecule has 130 valence electrons. The Kier molecular flexibility index (Phi) is 5.40. The molecule has 1 aliphatic rings. The van der Waals surface area contributed by atoms with Crippen LogP contribution in [0.4, 0.5) is 0 Å². The molecular formula is C16H21N3O4S. The lowest BCUT2D eigenvalue weighted by atomic mass is 10.2. The number of rotatable bonds is 6. The van der Waals surface area contributed by atoms with Crippen molar-refractivity contribution < 1.29 is 18.0 Å². The van der Waals surface area contributed by atoms with Gasteiger partial charge < -0.3 is 9.80 Å². The second-order valence-corrected chi connectivity index (χ2v) is 7.44. The van der Waals surface area contributed by atoms with Crippen molar-refractivity contribution in [2.24, 2.45) is 0 Å². The molecule has 1 fully saturated rings. The Balaban J connectivity index is 2.13. The second-order valence-electron chi connectivity index (χ2n) is 5.72. The minimum absolute atomic E-state index is 0.0211. The summed E-state index contributed by atoms with van der Waals surface area (Å²) in [4.78, 5) is 26.9. The van der Waals surface area contributed by atoms with E-state index >= 15 is 0 Å². The summed E-state index contributed by atoms with van der Waals surface area (Å²) in [5.41, 5.74) is 0.384. The second kappa shape index (κ2) is 7.14. The molecule has 0 spiro atoms. The van der Waals surface area contributed by atoms with Gasteiger partial charge in [0.15, 0.2) is 0 Å². The molecule has 1 atom stereocenters. The molecule has 0 bridgehead atoms. The lowest BCUT2D eigenvalue weighted by Gasteiger charge is -2.15. The zero-order valence-corrected chi connectivity index (χ0v) is 14.5. The van der Waals surface area contributed by atoms with Gasteiger partial charge in [0, 0.05) is 32.7 Å². The molecule has 2 amide bonds.